The molecule has 0 radical (unpaired) electrons. The summed E-state index contributed by atoms with van der Waals surface area (Å²) < 4.78 is 10.4. The van der Waals surface area contributed by atoms with Crippen LogP contribution < -0.4 is 15.0 Å². The van der Waals surface area contributed by atoms with Crippen molar-refractivity contribution in [3.05, 3.63) is 23.8 Å². The van der Waals surface area contributed by atoms with Gasteiger partial charge in [0.2, 0.25) is 0 Å². The van der Waals surface area contributed by atoms with Gasteiger partial charge in [0, 0.05) is 11.6 Å². The molecule has 1 aromatic carbocycles. The van der Waals surface area contributed by atoms with Gasteiger partial charge >= 0.3 is 5.97 Å². The smallest absolute Gasteiger partial charge is 0.329 e. The molecule has 0 fully saturated rings. The van der Waals surface area contributed by atoms with E-state index in [1.807, 2.05) is 12.1 Å². The molecule has 5 heteroatoms. The van der Waals surface area contributed by atoms with Gasteiger partial charge < -0.3 is 14.3 Å². The zero-order chi connectivity index (χ0) is 14.5. The molecule has 0 aliphatic carbocycles. The topological polar surface area (TPSA) is 56.8 Å². The maximum atomic E-state index is 11.6. The number of methoxy groups -OCH3 is 2. The molecule has 0 saturated heterocycles. The number of carbonyl (C=O) groups is 1. The lowest BCUT2D eigenvalue weighted by Gasteiger charge is -2.17. The first kappa shape index (κ1) is 15.3. The van der Waals surface area contributed by atoms with Gasteiger partial charge in [0.15, 0.2) is 0 Å². The standard InChI is InChI=1S/C14H21NO4/c1-14(2,3)13(16)19-15-9-10-6-7-11(17-4)8-12(10)18-5/h6-8,15H,9H2,1-5H3. The summed E-state index contributed by atoms with van der Waals surface area (Å²) in [5.74, 6) is 1.09. The largest absolute Gasteiger partial charge is 0.497 e. The van der Waals surface area contributed by atoms with Gasteiger partial charge in [0.25, 0.3) is 0 Å². The van der Waals surface area contributed by atoms with Crippen molar-refractivity contribution in [1.82, 2.24) is 5.48 Å². The van der Waals surface area contributed by atoms with E-state index in [0.717, 1.165) is 5.56 Å². The van der Waals surface area contributed by atoms with Crippen LogP contribution in [0.2, 0.25) is 0 Å². The minimum absolute atomic E-state index is 0.306. The number of hydrogen-bond acceptors (Lipinski definition) is 5. The van der Waals surface area contributed by atoms with Crippen molar-refractivity contribution in [3.8, 4) is 11.5 Å². The number of ether oxygens (including phenoxy) is 2. The highest BCUT2D eigenvalue weighted by Gasteiger charge is 2.23. The van der Waals surface area contributed by atoms with Crippen LogP contribution in [0.15, 0.2) is 18.2 Å². The van der Waals surface area contributed by atoms with Gasteiger partial charge in [0.05, 0.1) is 26.2 Å². The Bertz CT molecular complexity index is 438. The first-order valence-corrected chi connectivity index (χ1v) is 6.03. The fourth-order valence-corrected chi connectivity index (χ4v) is 1.33. The van der Waals surface area contributed by atoms with Gasteiger partial charge in [-0.3, -0.25) is 0 Å². The molecule has 0 aromatic heterocycles. The van der Waals surface area contributed by atoms with E-state index in [4.69, 9.17) is 14.3 Å². The molecule has 5 nitrogen and oxygen atoms in total. The summed E-state index contributed by atoms with van der Waals surface area (Å²) in [5, 5.41) is 0. The van der Waals surface area contributed by atoms with Crippen LogP contribution in [-0.2, 0) is 16.2 Å². The molecule has 0 spiro atoms. The lowest BCUT2D eigenvalue weighted by molar-refractivity contribution is -0.161. The van der Waals surface area contributed by atoms with Crippen LogP contribution in [0.1, 0.15) is 26.3 Å². The normalized spacial score (nSPS) is 11.0. The van der Waals surface area contributed by atoms with E-state index in [2.05, 4.69) is 5.48 Å². The Balaban J connectivity index is 2.61. The summed E-state index contributed by atoms with van der Waals surface area (Å²) in [6, 6.07) is 5.46. The molecular weight excluding hydrogens is 246 g/mol. The molecule has 0 atom stereocenters. The number of benzene rings is 1. The molecule has 1 N–H and O–H groups in total. The van der Waals surface area contributed by atoms with Gasteiger partial charge in [-0.15, -0.1) is 5.48 Å². The third-order valence-electron chi connectivity index (χ3n) is 2.53. The second-order valence-corrected chi connectivity index (χ2v) is 5.14. The van der Waals surface area contributed by atoms with Crippen molar-refractivity contribution < 1.29 is 19.1 Å². The van der Waals surface area contributed by atoms with Gasteiger partial charge in [-0.2, -0.15) is 0 Å². The zero-order valence-corrected chi connectivity index (χ0v) is 12.1. The molecule has 0 unspecified atom stereocenters. The molecule has 0 aliphatic heterocycles. The summed E-state index contributed by atoms with van der Waals surface area (Å²) >= 11 is 0. The van der Waals surface area contributed by atoms with Crippen LogP contribution in [0.5, 0.6) is 11.5 Å². The Labute approximate surface area is 113 Å². The van der Waals surface area contributed by atoms with Crippen LogP contribution in [0.25, 0.3) is 0 Å². The molecule has 0 aliphatic rings. The molecule has 0 saturated carbocycles. The molecule has 0 bridgehead atoms. The van der Waals surface area contributed by atoms with Crippen molar-refractivity contribution in [2.75, 3.05) is 14.2 Å². The van der Waals surface area contributed by atoms with Gasteiger partial charge in [-0.1, -0.05) is 6.07 Å². The highest BCUT2D eigenvalue weighted by Crippen LogP contribution is 2.24. The fourth-order valence-electron chi connectivity index (χ4n) is 1.33. The monoisotopic (exact) mass is 267 g/mol. The Hall–Kier alpha value is -1.75. The quantitative estimate of drug-likeness (QED) is 0.830. The van der Waals surface area contributed by atoms with E-state index in [1.54, 1.807) is 41.1 Å². The molecule has 19 heavy (non-hydrogen) atoms. The van der Waals surface area contributed by atoms with Crippen molar-refractivity contribution in [2.45, 2.75) is 27.3 Å². The van der Waals surface area contributed by atoms with Gasteiger partial charge in [0.1, 0.15) is 11.5 Å². The maximum Gasteiger partial charge on any atom is 0.329 e. The van der Waals surface area contributed by atoms with Crippen molar-refractivity contribution in [1.29, 1.82) is 0 Å². The summed E-state index contributed by atoms with van der Waals surface area (Å²) in [5.41, 5.74) is 3.00. The van der Waals surface area contributed by atoms with E-state index >= 15 is 0 Å². The van der Waals surface area contributed by atoms with E-state index in [-0.39, 0.29) is 5.97 Å². The average molecular weight is 267 g/mol. The molecule has 0 heterocycles. The lowest BCUT2D eigenvalue weighted by atomic mass is 9.98. The van der Waals surface area contributed by atoms with Crippen LogP contribution in [0.3, 0.4) is 0 Å². The van der Waals surface area contributed by atoms with E-state index in [1.165, 1.54) is 0 Å². The third kappa shape index (κ3) is 4.44. The molecule has 1 rings (SSSR count). The second kappa shape index (κ2) is 6.43. The minimum atomic E-state index is -0.531. The van der Waals surface area contributed by atoms with Gasteiger partial charge in [-0.25, -0.2) is 4.79 Å². The highest BCUT2D eigenvalue weighted by molar-refractivity contribution is 5.75. The summed E-state index contributed by atoms with van der Waals surface area (Å²) in [6.45, 7) is 5.76. The molecular formula is C14H21NO4. The number of nitrogens with one attached hydrogen (secondary N) is 1. The summed E-state index contributed by atoms with van der Waals surface area (Å²) in [6.07, 6.45) is 0. The maximum absolute atomic E-state index is 11.6. The van der Waals surface area contributed by atoms with E-state index < -0.39 is 5.41 Å². The Kier molecular flexibility index (Phi) is 5.18. The van der Waals surface area contributed by atoms with Crippen LogP contribution in [0, 0.1) is 5.41 Å². The van der Waals surface area contributed by atoms with E-state index in [0.29, 0.717) is 18.0 Å². The minimum Gasteiger partial charge on any atom is -0.497 e. The third-order valence-corrected chi connectivity index (χ3v) is 2.53. The summed E-state index contributed by atoms with van der Waals surface area (Å²) in [7, 11) is 3.18. The second-order valence-electron chi connectivity index (χ2n) is 5.14. The van der Waals surface area contributed by atoms with Crippen molar-refractivity contribution >= 4 is 5.97 Å². The van der Waals surface area contributed by atoms with Crippen LogP contribution in [0.4, 0.5) is 0 Å². The Morgan fingerprint density at radius 1 is 1.21 bits per heavy atom. The number of rotatable bonds is 5. The lowest BCUT2D eigenvalue weighted by Crippen LogP contribution is -2.29. The van der Waals surface area contributed by atoms with E-state index in [9.17, 15) is 4.79 Å². The zero-order valence-electron chi connectivity index (χ0n) is 12.1. The van der Waals surface area contributed by atoms with Crippen molar-refractivity contribution in [2.24, 2.45) is 5.41 Å². The molecule has 1 aromatic rings. The Morgan fingerprint density at radius 2 is 1.89 bits per heavy atom. The average Bonchev–Trinajstić information content (AvgIpc) is 2.37. The predicted octanol–water partition coefficient (Wildman–Crippen LogP) is 2.30. The Morgan fingerprint density at radius 3 is 2.42 bits per heavy atom. The van der Waals surface area contributed by atoms with Crippen LogP contribution >= 0.6 is 0 Å². The summed E-state index contributed by atoms with van der Waals surface area (Å²) in [4.78, 5) is 16.6. The van der Waals surface area contributed by atoms with Crippen LogP contribution in [-0.4, -0.2) is 20.2 Å². The number of hydroxylamine groups is 1. The molecule has 0 amide bonds. The predicted molar refractivity (Wildman–Crippen MR) is 71.9 cm³/mol. The van der Waals surface area contributed by atoms with Crippen molar-refractivity contribution in [3.63, 3.8) is 0 Å². The fraction of sp³-hybridized carbons (Fsp3) is 0.500. The number of hydrogen-bond donors (Lipinski definition) is 1. The first-order valence-electron chi connectivity index (χ1n) is 6.03. The SMILES string of the molecule is COc1ccc(CNOC(=O)C(C)(C)C)c(OC)c1. The first-order chi connectivity index (χ1) is 8.88. The molecule has 106 valence electrons. The van der Waals surface area contributed by atoms with Gasteiger partial charge in [-0.05, 0) is 26.8 Å². The number of carbonyl (C=O) groups excluding carboxylic acids is 1. The highest BCUT2D eigenvalue weighted by atomic mass is 16.7.